The third-order valence-corrected chi connectivity index (χ3v) is 2.67. The summed E-state index contributed by atoms with van der Waals surface area (Å²) in [6, 6.07) is 5.51. The SMILES string of the molecule is CCc1c(C(N)=O)cccc1-c1cncnc1. The van der Waals surface area contributed by atoms with E-state index in [0.29, 0.717) is 5.56 Å². The predicted octanol–water partition coefficient (Wildman–Crippen LogP) is 1.80. The highest BCUT2D eigenvalue weighted by Gasteiger charge is 2.12. The van der Waals surface area contributed by atoms with Crippen molar-refractivity contribution >= 4 is 5.91 Å². The van der Waals surface area contributed by atoms with E-state index in [1.165, 1.54) is 6.33 Å². The molecule has 2 aromatic rings. The summed E-state index contributed by atoms with van der Waals surface area (Å²) in [6.45, 7) is 2.00. The average molecular weight is 227 g/mol. The Morgan fingerprint density at radius 3 is 2.59 bits per heavy atom. The Hall–Kier alpha value is -2.23. The molecular formula is C13H13N3O. The molecule has 1 aromatic carbocycles. The number of amides is 1. The lowest BCUT2D eigenvalue weighted by atomic mass is 9.95. The summed E-state index contributed by atoms with van der Waals surface area (Å²) in [5.41, 5.74) is 8.73. The van der Waals surface area contributed by atoms with Crippen LogP contribution in [0.15, 0.2) is 36.9 Å². The van der Waals surface area contributed by atoms with Crippen molar-refractivity contribution in [3.8, 4) is 11.1 Å². The van der Waals surface area contributed by atoms with Gasteiger partial charge in [0, 0.05) is 23.5 Å². The molecule has 1 heterocycles. The van der Waals surface area contributed by atoms with Crippen LogP contribution in [0.3, 0.4) is 0 Å². The van der Waals surface area contributed by atoms with E-state index in [4.69, 9.17) is 5.73 Å². The maximum absolute atomic E-state index is 11.4. The summed E-state index contributed by atoms with van der Waals surface area (Å²) in [5.74, 6) is -0.402. The average Bonchev–Trinajstić information content (AvgIpc) is 2.38. The van der Waals surface area contributed by atoms with Crippen molar-refractivity contribution in [1.82, 2.24) is 9.97 Å². The van der Waals surface area contributed by atoms with Crippen LogP contribution in [0.5, 0.6) is 0 Å². The summed E-state index contributed by atoms with van der Waals surface area (Å²) in [5, 5.41) is 0. The highest BCUT2D eigenvalue weighted by atomic mass is 16.1. The van der Waals surface area contributed by atoms with Gasteiger partial charge in [-0.05, 0) is 23.6 Å². The second kappa shape index (κ2) is 4.74. The van der Waals surface area contributed by atoms with E-state index >= 15 is 0 Å². The monoisotopic (exact) mass is 227 g/mol. The lowest BCUT2D eigenvalue weighted by molar-refractivity contribution is 0.0999. The van der Waals surface area contributed by atoms with Crippen LogP contribution in [-0.4, -0.2) is 15.9 Å². The summed E-state index contributed by atoms with van der Waals surface area (Å²) in [6.07, 6.45) is 5.68. The number of benzene rings is 1. The number of hydrogen-bond acceptors (Lipinski definition) is 3. The van der Waals surface area contributed by atoms with Crippen molar-refractivity contribution in [2.45, 2.75) is 13.3 Å². The molecule has 0 aliphatic heterocycles. The molecule has 0 saturated carbocycles. The molecule has 4 heteroatoms. The molecule has 1 amide bonds. The molecule has 0 aliphatic carbocycles. The van der Waals surface area contributed by atoms with Crippen molar-refractivity contribution in [3.05, 3.63) is 48.0 Å². The predicted molar refractivity (Wildman–Crippen MR) is 65.4 cm³/mol. The minimum atomic E-state index is -0.402. The van der Waals surface area contributed by atoms with Crippen LogP contribution in [0.2, 0.25) is 0 Å². The number of rotatable bonds is 3. The van der Waals surface area contributed by atoms with Gasteiger partial charge in [0.15, 0.2) is 0 Å². The van der Waals surface area contributed by atoms with Gasteiger partial charge < -0.3 is 5.73 Å². The number of hydrogen-bond donors (Lipinski definition) is 1. The van der Waals surface area contributed by atoms with E-state index in [-0.39, 0.29) is 0 Å². The van der Waals surface area contributed by atoms with Gasteiger partial charge in [-0.2, -0.15) is 0 Å². The summed E-state index contributed by atoms with van der Waals surface area (Å²) < 4.78 is 0. The third kappa shape index (κ3) is 2.15. The first-order valence-corrected chi connectivity index (χ1v) is 5.41. The molecule has 0 bridgehead atoms. The number of nitrogens with zero attached hydrogens (tertiary/aromatic N) is 2. The number of carbonyl (C=O) groups excluding carboxylic acids is 1. The first-order chi connectivity index (χ1) is 8.24. The molecule has 86 valence electrons. The maximum Gasteiger partial charge on any atom is 0.248 e. The van der Waals surface area contributed by atoms with Crippen LogP contribution in [0.4, 0.5) is 0 Å². The number of primary amides is 1. The summed E-state index contributed by atoms with van der Waals surface area (Å²) in [4.78, 5) is 19.3. The van der Waals surface area contributed by atoms with E-state index in [1.54, 1.807) is 18.5 Å². The smallest absolute Gasteiger partial charge is 0.248 e. The molecule has 2 rings (SSSR count). The Labute approximate surface area is 99.5 Å². The van der Waals surface area contributed by atoms with Crippen LogP contribution < -0.4 is 5.73 Å². The number of aromatic nitrogens is 2. The zero-order valence-corrected chi connectivity index (χ0v) is 9.55. The standard InChI is InChI=1S/C13H13N3O/c1-2-10-11(9-6-15-8-16-7-9)4-3-5-12(10)13(14)17/h3-8H,2H2,1H3,(H2,14,17). The van der Waals surface area contributed by atoms with E-state index in [1.807, 2.05) is 19.1 Å². The van der Waals surface area contributed by atoms with Crippen LogP contribution in [0, 0.1) is 0 Å². The van der Waals surface area contributed by atoms with Crippen molar-refractivity contribution in [1.29, 1.82) is 0 Å². The molecule has 0 spiro atoms. The van der Waals surface area contributed by atoms with E-state index in [2.05, 4.69) is 9.97 Å². The van der Waals surface area contributed by atoms with Gasteiger partial charge in [0.1, 0.15) is 6.33 Å². The highest BCUT2D eigenvalue weighted by molar-refractivity contribution is 5.96. The van der Waals surface area contributed by atoms with E-state index in [9.17, 15) is 4.79 Å². The maximum atomic E-state index is 11.4. The number of carbonyl (C=O) groups is 1. The Kier molecular flexibility index (Phi) is 3.14. The number of nitrogens with two attached hydrogens (primary N) is 1. The van der Waals surface area contributed by atoms with Gasteiger partial charge in [-0.1, -0.05) is 19.1 Å². The zero-order valence-electron chi connectivity index (χ0n) is 9.55. The Bertz CT molecular complexity index is 538. The fourth-order valence-electron chi connectivity index (χ4n) is 1.91. The van der Waals surface area contributed by atoms with Crippen LogP contribution in [0.25, 0.3) is 11.1 Å². The van der Waals surface area contributed by atoms with Gasteiger partial charge >= 0.3 is 0 Å². The molecule has 17 heavy (non-hydrogen) atoms. The Morgan fingerprint density at radius 2 is 2.00 bits per heavy atom. The molecule has 0 unspecified atom stereocenters. The third-order valence-electron chi connectivity index (χ3n) is 2.67. The van der Waals surface area contributed by atoms with Crippen molar-refractivity contribution < 1.29 is 4.79 Å². The molecule has 0 radical (unpaired) electrons. The summed E-state index contributed by atoms with van der Waals surface area (Å²) >= 11 is 0. The van der Waals surface area contributed by atoms with Gasteiger partial charge in [-0.3, -0.25) is 4.79 Å². The van der Waals surface area contributed by atoms with Crippen LogP contribution >= 0.6 is 0 Å². The highest BCUT2D eigenvalue weighted by Crippen LogP contribution is 2.25. The van der Waals surface area contributed by atoms with Crippen molar-refractivity contribution in [2.24, 2.45) is 5.73 Å². The van der Waals surface area contributed by atoms with Crippen LogP contribution in [-0.2, 0) is 6.42 Å². The summed E-state index contributed by atoms with van der Waals surface area (Å²) in [7, 11) is 0. The van der Waals surface area contributed by atoms with Crippen molar-refractivity contribution in [2.75, 3.05) is 0 Å². The lowest BCUT2D eigenvalue weighted by Gasteiger charge is -2.10. The minimum Gasteiger partial charge on any atom is -0.366 e. The topological polar surface area (TPSA) is 68.9 Å². The van der Waals surface area contributed by atoms with Gasteiger partial charge in [0.2, 0.25) is 5.91 Å². The second-order valence-electron chi connectivity index (χ2n) is 3.68. The fourth-order valence-corrected chi connectivity index (χ4v) is 1.91. The fraction of sp³-hybridized carbons (Fsp3) is 0.154. The largest absolute Gasteiger partial charge is 0.366 e. The molecule has 0 fully saturated rings. The second-order valence-corrected chi connectivity index (χ2v) is 3.68. The lowest BCUT2D eigenvalue weighted by Crippen LogP contribution is -2.14. The van der Waals surface area contributed by atoms with Gasteiger partial charge in [0.05, 0.1) is 0 Å². The molecule has 0 atom stereocenters. The molecule has 0 aliphatic rings. The van der Waals surface area contributed by atoms with Crippen LogP contribution in [0.1, 0.15) is 22.8 Å². The minimum absolute atomic E-state index is 0.402. The van der Waals surface area contributed by atoms with Gasteiger partial charge in [0.25, 0.3) is 0 Å². The quantitative estimate of drug-likeness (QED) is 0.869. The normalized spacial score (nSPS) is 10.2. The first kappa shape index (κ1) is 11.3. The molecule has 2 N–H and O–H groups in total. The zero-order chi connectivity index (χ0) is 12.3. The Balaban J connectivity index is 2.63. The van der Waals surface area contributed by atoms with Crippen molar-refractivity contribution in [3.63, 3.8) is 0 Å². The van der Waals surface area contributed by atoms with Gasteiger partial charge in [-0.15, -0.1) is 0 Å². The molecular weight excluding hydrogens is 214 g/mol. The molecule has 0 saturated heterocycles. The molecule has 4 nitrogen and oxygen atoms in total. The first-order valence-electron chi connectivity index (χ1n) is 5.41. The van der Waals surface area contributed by atoms with E-state index in [0.717, 1.165) is 23.1 Å². The van der Waals surface area contributed by atoms with Gasteiger partial charge in [-0.25, -0.2) is 9.97 Å². The van der Waals surface area contributed by atoms with E-state index < -0.39 is 5.91 Å². The molecule has 1 aromatic heterocycles. The Morgan fingerprint density at radius 1 is 1.29 bits per heavy atom.